The minimum absolute atomic E-state index is 0.0822. The van der Waals surface area contributed by atoms with Gasteiger partial charge in [0.05, 0.1) is 18.5 Å². The molecule has 5 nitrogen and oxygen atoms in total. The lowest BCUT2D eigenvalue weighted by Crippen LogP contribution is -2.54. The molecule has 128 valence electrons. The fourth-order valence-electron chi connectivity index (χ4n) is 4.10. The third-order valence-corrected chi connectivity index (χ3v) is 5.52. The number of carbonyl (C=O) groups excluding carboxylic acids is 2. The molecule has 1 aromatic carbocycles. The second kappa shape index (κ2) is 5.19. The van der Waals surface area contributed by atoms with Crippen molar-refractivity contribution in [3.63, 3.8) is 0 Å². The zero-order valence-electron chi connectivity index (χ0n) is 13.8. The Hall–Kier alpha value is -2.11. The summed E-state index contributed by atoms with van der Waals surface area (Å²) in [5, 5.41) is 0. The molecule has 0 bridgehead atoms. The molecule has 0 radical (unpaired) electrons. The number of ether oxygens (including phenoxy) is 1. The molecular formula is C18H21FN2O3. The quantitative estimate of drug-likeness (QED) is 0.835. The van der Waals surface area contributed by atoms with Crippen LogP contribution in [0.4, 0.5) is 9.18 Å². The minimum atomic E-state index is -0.571. The third kappa shape index (κ3) is 2.36. The van der Waals surface area contributed by atoms with Gasteiger partial charge in [0.2, 0.25) is 5.91 Å². The normalized spacial score (nSPS) is 28.2. The first kappa shape index (κ1) is 15.4. The molecule has 1 aromatic rings. The van der Waals surface area contributed by atoms with Crippen molar-refractivity contribution in [2.75, 3.05) is 26.7 Å². The predicted molar refractivity (Wildman–Crippen MR) is 85.0 cm³/mol. The third-order valence-electron chi connectivity index (χ3n) is 5.52. The van der Waals surface area contributed by atoms with Gasteiger partial charge in [-0.3, -0.25) is 4.79 Å². The molecule has 3 aliphatic rings. The number of hydrogen-bond acceptors (Lipinski definition) is 3. The summed E-state index contributed by atoms with van der Waals surface area (Å²) in [6, 6.07) is 6.24. The van der Waals surface area contributed by atoms with Crippen molar-refractivity contribution in [3.8, 4) is 0 Å². The van der Waals surface area contributed by atoms with Gasteiger partial charge < -0.3 is 14.5 Å². The number of rotatable bonds is 2. The summed E-state index contributed by atoms with van der Waals surface area (Å²) in [7, 11) is 1.72. The Labute approximate surface area is 140 Å². The molecule has 1 saturated carbocycles. The van der Waals surface area contributed by atoms with Gasteiger partial charge in [0.15, 0.2) is 0 Å². The Bertz CT molecular complexity index is 686. The summed E-state index contributed by atoms with van der Waals surface area (Å²) in [5.74, 6) is -0.210. The Balaban J connectivity index is 1.54. The van der Waals surface area contributed by atoms with Crippen molar-refractivity contribution in [2.45, 2.75) is 36.7 Å². The fourth-order valence-corrected chi connectivity index (χ4v) is 4.10. The zero-order chi connectivity index (χ0) is 16.9. The highest BCUT2D eigenvalue weighted by molar-refractivity contribution is 5.91. The molecule has 1 spiro atoms. The van der Waals surface area contributed by atoms with Crippen LogP contribution in [0, 0.1) is 5.82 Å². The van der Waals surface area contributed by atoms with Gasteiger partial charge in [-0.1, -0.05) is 12.1 Å². The van der Waals surface area contributed by atoms with Crippen molar-refractivity contribution in [1.29, 1.82) is 0 Å². The van der Waals surface area contributed by atoms with E-state index in [-0.39, 0.29) is 17.8 Å². The molecule has 1 unspecified atom stereocenters. The van der Waals surface area contributed by atoms with E-state index in [1.54, 1.807) is 24.1 Å². The number of piperidine rings is 1. The van der Waals surface area contributed by atoms with Gasteiger partial charge in [-0.15, -0.1) is 0 Å². The van der Waals surface area contributed by atoms with Crippen LogP contribution >= 0.6 is 0 Å². The van der Waals surface area contributed by atoms with Gasteiger partial charge in [-0.2, -0.15) is 0 Å². The molecule has 6 heteroatoms. The molecule has 24 heavy (non-hydrogen) atoms. The fraction of sp³-hybridized carbons (Fsp3) is 0.556. The number of likely N-dealkylation sites (tertiary alicyclic amines) is 1. The van der Waals surface area contributed by atoms with Crippen LogP contribution in [0.2, 0.25) is 0 Å². The van der Waals surface area contributed by atoms with Crippen LogP contribution in [0.5, 0.6) is 0 Å². The van der Waals surface area contributed by atoms with Crippen LogP contribution in [0.25, 0.3) is 0 Å². The maximum atomic E-state index is 13.2. The highest BCUT2D eigenvalue weighted by Crippen LogP contribution is 2.50. The van der Waals surface area contributed by atoms with Crippen LogP contribution in [-0.4, -0.2) is 54.1 Å². The second-order valence-electron chi connectivity index (χ2n) is 7.33. The first-order chi connectivity index (χ1) is 11.4. The van der Waals surface area contributed by atoms with Crippen LogP contribution in [0.15, 0.2) is 24.3 Å². The van der Waals surface area contributed by atoms with Gasteiger partial charge in [0.25, 0.3) is 0 Å². The monoisotopic (exact) mass is 332 g/mol. The summed E-state index contributed by atoms with van der Waals surface area (Å²) in [5.41, 5.74) is -0.201. The summed E-state index contributed by atoms with van der Waals surface area (Å²) >= 11 is 0. The molecule has 0 N–H and O–H groups in total. The largest absolute Gasteiger partial charge is 0.439 e. The molecular weight excluding hydrogens is 311 g/mol. The zero-order valence-corrected chi connectivity index (χ0v) is 13.8. The number of nitrogens with zero attached hydrogens (tertiary/aromatic N) is 2. The smallest absolute Gasteiger partial charge is 0.410 e. The van der Waals surface area contributed by atoms with Crippen molar-refractivity contribution < 1.29 is 18.7 Å². The van der Waals surface area contributed by atoms with Crippen molar-refractivity contribution >= 4 is 12.0 Å². The second-order valence-corrected chi connectivity index (χ2v) is 7.33. The first-order valence-corrected chi connectivity index (χ1v) is 8.44. The topological polar surface area (TPSA) is 49.9 Å². The lowest BCUT2D eigenvalue weighted by molar-refractivity contribution is -0.139. The summed E-state index contributed by atoms with van der Waals surface area (Å²) in [6.07, 6.45) is 2.88. The summed E-state index contributed by atoms with van der Waals surface area (Å²) in [6.45, 7) is 1.66. The van der Waals surface area contributed by atoms with E-state index >= 15 is 0 Å². The molecule has 2 heterocycles. The average Bonchev–Trinajstić information content (AvgIpc) is 3.31. The highest BCUT2D eigenvalue weighted by Gasteiger charge is 2.55. The van der Waals surface area contributed by atoms with Crippen molar-refractivity contribution in [1.82, 2.24) is 9.80 Å². The highest BCUT2D eigenvalue weighted by atomic mass is 19.1. The van der Waals surface area contributed by atoms with Crippen LogP contribution in [0.1, 0.15) is 31.2 Å². The van der Waals surface area contributed by atoms with Crippen LogP contribution < -0.4 is 0 Å². The van der Waals surface area contributed by atoms with Gasteiger partial charge in [-0.05, 0) is 43.4 Å². The molecule has 1 atom stereocenters. The molecule has 2 aliphatic heterocycles. The maximum absolute atomic E-state index is 13.2. The maximum Gasteiger partial charge on any atom is 0.410 e. The van der Waals surface area contributed by atoms with E-state index in [2.05, 4.69) is 0 Å². The van der Waals surface area contributed by atoms with E-state index in [1.165, 1.54) is 12.1 Å². The Morgan fingerprint density at radius 2 is 1.88 bits per heavy atom. The molecule has 2 amide bonds. The van der Waals surface area contributed by atoms with Crippen molar-refractivity contribution in [2.24, 2.45) is 0 Å². The number of likely N-dealkylation sites (N-methyl/N-ethyl adjacent to an activating group) is 1. The number of carbonyl (C=O) groups is 2. The number of hydrogen-bond donors (Lipinski definition) is 0. The minimum Gasteiger partial charge on any atom is -0.439 e. The van der Waals surface area contributed by atoms with Gasteiger partial charge >= 0.3 is 6.09 Å². The standard InChI is InChI=1S/C18H21FN2O3/c1-20-11-17(24-16(20)23)7-2-10-21(12-17)15(22)18(8-9-18)13-3-5-14(19)6-4-13/h3-6H,2,7-12H2,1H3. The molecule has 3 fully saturated rings. The van der Waals surface area contributed by atoms with E-state index in [1.807, 2.05) is 4.90 Å². The Morgan fingerprint density at radius 1 is 1.17 bits per heavy atom. The molecule has 2 saturated heterocycles. The van der Waals surface area contributed by atoms with E-state index < -0.39 is 11.0 Å². The van der Waals surface area contributed by atoms with E-state index in [0.29, 0.717) is 19.6 Å². The molecule has 0 aromatic heterocycles. The Morgan fingerprint density at radius 3 is 2.46 bits per heavy atom. The predicted octanol–water partition coefficient (Wildman–Crippen LogP) is 2.30. The lowest BCUT2D eigenvalue weighted by atomic mass is 9.89. The molecule has 1 aliphatic carbocycles. The first-order valence-electron chi connectivity index (χ1n) is 8.44. The van der Waals surface area contributed by atoms with E-state index in [4.69, 9.17) is 4.74 Å². The van der Waals surface area contributed by atoms with Crippen molar-refractivity contribution in [3.05, 3.63) is 35.6 Å². The van der Waals surface area contributed by atoms with Gasteiger partial charge in [0, 0.05) is 13.6 Å². The lowest BCUT2D eigenvalue weighted by Gasteiger charge is -2.40. The summed E-state index contributed by atoms with van der Waals surface area (Å²) in [4.78, 5) is 28.3. The van der Waals surface area contributed by atoms with Gasteiger partial charge in [-0.25, -0.2) is 9.18 Å². The number of amides is 2. The van der Waals surface area contributed by atoms with Crippen LogP contribution in [0.3, 0.4) is 0 Å². The number of benzene rings is 1. The SMILES string of the molecule is CN1CC2(CCCN(C(=O)C3(c4ccc(F)cc4)CC3)C2)OC1=O. The average molecular weight is 332 g/mol. The van der Waals surface area contributed by atoms with E-state index in [9.17, 15) is 14.0 Å². The number of halogens is 1. The van der Waals surface area contributed by atoms with E-state index in [0.717, 1.165) is 31.2 Å². The van der Waals surface area contributed by atoms with Crippen LogP contribution in [-0.2, 0) is 14.9 Å². The van der Waals surface area contributed by atoms with Gasteiger partial charge in [0.1, 0.15) is 11.4 Å². The molecule has 4 rings (SSSR count). The Kier molecular flexibility index (Phi) is 3.34. The summed E-state index contributed by atoms with van der Waals surface area (Å²) < 4.78 is 18.8.